The molecule has 1 atom stereocenters. The maximum Gasteiger partial charge on any atom is 0.299 e. The number of fused-ring (bicyclic) bond motifs is 1. The molecule has 0 amide bonds. The van der Waals surface area contributed by atoms with Crippen molar-refractivity contribution in [1.82, 2.24) is 19.8 Å². The molecule has 0 bridgehead atoms. The quantitative estimate of drug-likeness (QED) is 0.791. The van der Waals surface area contributed by atoms with Gasteiger partial charge in [-0.2, -0.15) is 4.52 Å². The zero-order chi connectivity index (χ0) is 16.8. The Labute approximate surface area is 132 Å². The Kier molecular flexibility index (Phi) is 5.35. The molecule has 0 aromatic carbocycles. The lowest BCUT2D eigenvalue weighted by atomic mass is 10.1. The number of allylic oxidation sites excluding steroid dienone is 4. The number of hydrogen-bond donors (Lipinski definition) is 1. The Bertz CT molecular complexity index is 761. The van der Waals surface area contributed by atoms with E-state index in [4.69, 9.17) is 0 Å². The highest BCUT2D eigenvalue weighted by molar-refractivity contribution is 5.46. The first-order valence-electron chi connectivity index (χ1n) is 6.95. The second kappa shape index (κ2) is 7.44. The van der Waals surface area contributed by atoms with Crippen molar-refractivity contribution in [2.24, 2.45) is 0 Å². The number of rotatable bonds is 7. The van der Waals surface area contributed by atoms with Crippen LogP contribution in [0.15, 0.2) is 61.2 Å². The van der Waals surface area contributed by atoms with Gasteiger partial charge in [0.05, 0.1) is 0 Å². The van der Waals surface area contributed by atoms with Gasteiger partial charge in [-0.3, -0.25) is 0 Å². The van der Waals surface area contributed by atoms with E-state index in [2.05, 4.69) is 33.8 Å². The fourth-order valence-electron chi connectivity index (χ4n) is 1.98. The molecule has 7 heteroatoms. The topological polar surface area (TPSA) is 55.1 Å². The molecule has 0 aliphatic carbocycles. The summed E-state index contributed by atoms with van der Waals surface area (Å²) in [6.07, 6.45) is 6.13. The number of halogens is 2. The first-order chi connectivity index (χ1) is 11.1. The van der Waals surface area contributed by atoms with Gasteiger partial charge in [-0.25, -0.2) is 8.78 Å². The number of anilines is 1. The van der Waals surface area contributed by atoms with Crippen LogP contribution in [0.5, 0.6) is 0 Å². The predicted octanol–water partition coefficient (Wildman–Crippen LogP) is 3.72. The number of aromatic nitrogens is 4. The molecule has 0 saturated heterocycles. The van der Waals surface area contributed by atoms with Crippen LogP contribution < -0.4 is 5.32 Å². The van der Waals surface area contributed by atoms with E-state index < -0.39 is 12.2 Å². The molecule has 2 aromatic heterocycles. The molecule has 0 fully saturated rings. The van der Waals surface area contributed by atoms with E-state index in [-0.39, 0.29) is 11.7 Å². The van der Waals surface area contributed by atoms with E-state index in [1.54, 1.807) is 30.4 Å². The molecule has 0 aliphatic heterocycles. The highest BCUT2D eigenvalue weighted by Gasteiger charge is 2.17. The lowest BCUT2D eigenvalue weighted by Gasteiger charge is -2.15. The van der Waals surface area contributed by atoms with Crippen LogP contribution in [-0.2, 0) is 0 Å². The molecule has 1 N–H and O–H groups in total. The monoisotopic (exact) mass is 317 g/mol. The number of hydrogen-bond acceptors (Lipinski definition) is 4. The van der Waals surface area contributed by atoms with E-state index >= 15 is 0 Å². The van der Waals surface area contributed by atoms with E-state index in [0.29, 0.717) is 5.82 Å². The maximum absolute atomic E-state index is 12.9. The van der Waals surface area contributed by atoms with Crippen molar-refractivity contribution >= 4 is 11.5 Å². The molecule has 2 heterocycles. The van der Waals surface area contributed by atoms with Crippen LogP contribution in [0.3, 0.4) is 0 Å². The summed E-state index contributed by atoms with van der Waals surface area (Å²) >= 11 is 0. The molecule has 0 unspecified atom stereocenters. The lowest BCUT2D eigenvalue weighted by Crippen LogP contribution is -2.18. The van der Waals surface area contributed by atoms with Crippen LogP contribution in [0.25, 0.3) is 5.65 Å². The zero-order valence-corrected chi connectivity index (χ0v) is 12.7. The summed E-state index contributed by atoms with van der Waals surface area (Å²) in [5.41, 5.74) is 1.21. The summed E-state index contributed by atoms with van der Waals surface area (Å²) in [4.78, 5) is 0. The third-order valence-corrected chi connectivity index (χ3v) is 3.08. The fourth-order valence-corrected chi connectivity index (χ4v) is 1.98. The highest BCUT2D eigenvalue weighted by Crippen LogP contribution is 2.18. The molecule has 5 nitrogen and oxygen atoms in total. The van der Waals surface area contributed by atoms with Crippen LogP contribution >= 0.6 is 0 Å². The molecular formula is C16H17F2N5. The maximum atomic E-state index is 12.9. The van der Waals surface area contributed by atoms with Gasteiger partial charge in [0.2, 0.25) is 5.82 Å². The molecule has 0 spiro atoms. The second-order valence-corrected chi connectivity index (χ2v) is 4.71. The summed E-state index contributed by atoms with van der Waals surface area (Å²) < 4.78 is 26.8. The SMILES string of the molecule is C=C/C=C\C(=C/C=C)[C@@H](C)Nc1ccc2nnc(C(F)F)n2n1. The summed E-state index contributed by atoms with van der Waals surface area (Å²) in [5.74, 6) is -0.0432. The summed E-state index contributed by atoms with van der Waals surface area (Å²) in [7, 11) is 0. The van der Waals surface area contributed by atoms with Crippen LogP contribution in [0.1, 0.15) is 19.2 Å². The van der Waals surface area contributed by atoms with Gasteiger partial charge in [0.1, 0.15) is 5.82 Å². The Balaban J connectivity index is 2.28. The summed E-state index contributed by atoms with van der Waals surface area (Å²) in [5, 5.41) is 14.4. The fraction of sp³-hybridized carbons (Fsp3) is 0.188. The third-order valence-electron chi connectivity index (χ3n) is 3.08. The minimum Gasteiger partial charge on any atom is -0.362 e. The molecule has 2 rings (SSSR count). The van der Waals surface area contributed by atoms with Gasteiger partial charge in [0, 0.05) is 6.04 Å². The van der Waals surface area contributed by atoms with Crippen molar-refractivity contribution in [3.05, 3.63) is 67.1 Å². The Morgan fingerprint density at radius 3 is 2.70 bits per heavy atom. The van der Waals surface area contributed by atoms with E-state index in [9.17, 15) is 8.78 Å². The normalized spacial score (nSPS) is 13.7. The summed E-state index contributed by atoms with van der Waals surface area (Å²) in [6.45, 7) is 9.23. The van der Waals surface area contributed by atoms with Gasteiger partial charge in [-0.05, 0) is 24.6 Å². The standard InChI is InChI=1S/C16H17F2N5/c1-4-6-8-12(7-5-2)11(3)19-13-9-10-14-20-21-16(15(17)18)23(14)22-13/h4-11,15H,1-2H2,3H3,(H,19,22)/b8-6-,12-7+/t11-/m1/s1. The second-order valence-electron chi connectivity index (χ2n) is 4.71. The number of nitrogens with one attached hydrogen (secondary N) is 1. The zero-order valence-electron chi connectivity index (χ0n) is 12.7. The van der Waals surface area contributed by atoms with E-state index in [0.717, 1.165) is 10.1 Å². The first-order valence-corrected chi connectivity index (χ1v) is 6.95. The van der Waals surface area contributed by atoms with Crippen molar-refractivity contribution in [3.63, 3.8) is 0 Å². The molecule has 120 valence electrons. The van der Waals surface area contributed by atoms with Crippen molar-refractivity contribution in [2.75, 3.05) is 5.32 Å². The lowest BCUT2D eigenvalue weighted by molar-refractivity contribution is 0.137. The van der Waals surface area contributed by atoms with Crippen molar-refractivity contribution in [3.8, 4) is 0 Å². The molecule has 0 saturated carbocycles. The molecule has 0 radical (unpaired) electrons. The number of alkyl halides is 2. The first kappa shape index (κ1) is 16.5. The van der Waals surface area contributed by atoms with E-state index in [1.807, 2.05) is 19.1 Å². The van der Waals surface area contributed by atoms with Crippen molar-refractivity contribution in [2.45, 2.75) is 19.4 Å². The molecule has 0 aliphatic rings. The molecule has 23 heavy (non-hydrogen) atoms. The minimum absolute atomic E-state index is 0.111. The largest absolute Gasteiger partial charge is 0.362 e. The van der Waals surface area contributed by atoms with Crippen LogP contribution in [0.4, 0.5) is 14.6 Å². The van der Waals surface area contributed by atoms with Crippen molar-refractivity contribution in [1.29, 1.82) is 0 Å². The Morgan fingerprint density at radius 1 is 1.26 bits per heavy atom. The van der Waals surface area contributed by atoms with Crippen molar-refractivity contribution < 1.29 is 8.78 Å². The predicted molar refractivity (Wildman–Crippen MR) is 86.4 cm³/mol. The summed E-state index contributed by atoms with van der Waals surface area (Å²) in [6, 6.07) is 3.14. The van der Waals surface area contributed by atoms with Gasteiger partial charge < -0.3 is 5.32 Å². The van der Waals surface area contributed by atoms with E-state index in [1.165, 1.54) is 0 Å². The smallest absolute Gasteiger partial charge is 0.299 e. The minimum atomic E-state index is -2.74. The molecular weight excluding hydrogens is 300 g/mol. The molecule has 2 aromatic rings. The van der Waals surface area contributed by atoms with Gasteiger partial charge in [-0.1, -0.05) is 43.5 Å². The van der Waals surface area contributed by atoms with Gasteiger partial charge >= 0.3 is 0 Å². The van der Waals surface area contributed by atoms with Gasteiger partial charge in [-0.15, -0.1) is 15.3 Å². The number of nitrogens with zero attached hydrogens (tertiary/aromatic N) is 4. The van der Waals surface area contributed by atoms with Gasteiger partial charge in [0.15, 0.2) is 5.65 Å². The Morgan fingerprint density at radius 2 is 2.04 bits per heavy atom. The third kappa shape index (κ3) is 3.88. The van der Waals surface area contributed by atoms with Crippen LogP contribution in [0.2, 0.25) is 0 Å². The van der Waals surface area contributed by atoms with Crippen LogP contribution in [-0.4, -0.2) is 25.9 Å². The van der Waals surface area contributed by atoms with Crippen LogP contribution in [0, 0.1) is 0 Å². The Hall–Kier alpha value is -2.83. The average molecular weight is 317 g/mol. The highest BCUT2D eigenvalue weighted by atomic mass is 19.3. The van der Waals surface area contributed by atoms with Gasteiger partial charge in [0.25, 0.3) is 6.43 Å². The average Bonchev–Trinajstić information content (AvgIpc) is 2.94.